The molecule has 0 spiro atoms. The normalized spacial score (nSPS) is 14.1. The summed E-state index contributed by atoms with van der Waals surface area (Å²) in [7, 11) is 0. The zero-order chi connectivity index (χ0) is 19.5. The Labute approximate surface area is 173 Å². The van der Waals surface area contributed by atoms with Gasteiger partial charge in [-0.15, -0.1) is 0 Å². The molecule has 0 saturated carbocycles. The Morgan fingerprint density at radius 3 is 2.46 bits per heavy atom. The van der Waals surface area contributed by atoms with Crippen LogP contribution in [0.1, 0.15) is 24.0 Å². The number of fused-ring (bicyclic) bond motifs is 1. The standard InChI is InChI=1S/C23H20BrN3O/c24-21-10-4-1-7-17(21)15-23(28)27-14-6-5-13-26(27)22-12-11-18(16-25)19-8-2-3-9-20(19)22/h1-4,7-12H,5-6,13-15H2. The third kappa shape index (κ3) is 3.48. The van der Waals surface area contributed by atoms with E-state index in [1.807, 2.05) is 65.7 Å². The zero-order valence-corrected chi connectivity index (χ0v) is 17.0. The predicted molar refractivity (Wildman–Crippen MR) is 115 cm³/mol. The summed E-state index contributed by atoms with van der Waals surface area (Å²) in [5.74, 6) is 0.0834. The molecule has 5 heteroatoms. The number of hydrogen-bond acceptors (Lipinski definition) is 3. The summed E-state index contributed by atoms with van der Waals surface area (Å²) in [4.78, 5) is 13.2. The number of halogens is 1. The highest BCUT2D eigenvalue weighted by Crippen LogP contribution is 2.32. The molecule has 4 rings (SSSR count). The molecule has 3 aromatic carbocycles. The van der Waals surface area contributed by atoms with Gasteiger partial charge in [0.05, 0.1) is 23.7 Å². The molecule has 0 unspecified atom stereocenters. The lowest BCUT2D eigenvalue weighted by molar-refractivity contribution is -0.131. The number of nitrogens with zero attached hydrogens (tertiary/aromatic N) is 3. The van der Waals surface area contributed by atoms with Crippen LogP contribution in [0.15, 0.2) is 65.1 Å². The van der Waals surface area contributed by atoms with E-state index in [2.05, 4.69) is 27.0 Å². The average molecular weight is 434 g/mol. The minimum Gasteiger partial charge on any atom is -0.282 e. The number of nitriles is 1. The van der Waals surface area contributed by atoms with Gasteiger partial charge in [0.15, 0.2) is 0 Å². The lowest BCUT2D eigenvalue weighted by Crippen LogP contribution is -2.51. The zero-order valence-electron chi connectivity index (χ0n) is 15.4. The van der Waals surface area contributed by atoms with E-state index >= 15 is 0 Å². The molecule has 0 aliphatic carbocycles. The monoisotopic (exact) mass is 433 g/mol. The van der Waals surface area contributed by atoms with Gasteiger partial charge in [-0.25, -0.2) is 0 Å². The van der Waals surface area contributed by atoms with Crippen molar-refractivity contribution >= 4 is 38.3 Å². The molecule has 0 radical (unpaired) electrons. The maximum atomic E-state index is 13.2. The quantitative estimate of drug-likeness (QED) is 0.579. The van der Waals surface area contributed by atoms with Gasteiger partial charge < -0.3 is 0 Å². The van der Waals surface area contributed by atoms with E-state index in [-0.39, 0.29) is 5.91 Å². The van der Waals surface area contributed by atoms with E-state index in [4.69, 9.17) is 0 Å². The Morgan fingerprint density at radius 2 is 1.68 bits per heavy atom. The first-order valence-corrected chi connectivity index (χ1v) is 10.2. The molecule has 0 aromatic heterocycles. The molecular weight excluding hydrogens is 414 g/mol. The van der Waals surface area contributed by atoms with Gasteiger partial charge in [0.2, 0.25) is 5.91 Å². The van der Waals surface area contributed by atoms with E-state index in [9.17, 15) is 10.1 Å². The second-order valence-electron chi connectivity index (χ2n) is 6.90. The van der Waals surface area contributed by atoms with Gasteiger partial charge in [-0.05, 0) is 36.6 Å². The van der Waals surface area contributed by atoms with Gasteiger partial charge in [0, 0.05) is 28.3 Å². The SMILES string of the molecule is N#Cc1ccc(N2CCCCN2C(=O)Cc2ccccc2Br)c2ccccc12. The fraction of sp³-hybridized carbons (Fsp3) is 0.217. The van der Waals surface area contributed by atoms with E-state index in [0.717, 1.165) is 45.9 Å². The van der Waals surface area contributed by atoms with E-state index in [0.29, 0.717) is 18.5 Å². The number of carbonyl (C=O) groups excluding carboxylic acids is 1. The topological polar surface area (TPSA) is 47.3 Å². The van der Waals surface area contributed by atoms with E-state index < -0.39 is 0 Å². The Bertz CT molecular complexity index is 1070. The first-order valence-electron chi connectivity index (χ1n) is 9.42. The van der Waals surface area contributed by atoms with Crippen molar-refractivity contribution in [1.82, 2.24) is 5.01 Å². The van der Waals surface area contributed by atoms with Crippen LogP contribution in [0.25, 0.3) is 10.8 Å². The van der Waals surface area contributed by atoms with Crippen LogP contribution in [0.3, 0.4) is 0 Å². The minimum atomic E-state index is 0.0834. The summed E-state index contributed by atoms with van der Waals surface area (Å²) in [5, 5.41) is 15.3. The summed E-state index contributed by atoms with van der Waals surface area (Å²) in [6, 6.07) is 21.8. The maximum Gasteiger partial charge on any atom is 0.245 e. The maximum absolute atomic E-state index is 13.2. The Kier molecular flexibility index (Phi) is 5.31. The van der Waals surface area contributed by atoms with Crippen molar-refractivity contribution in [2.75, 3.05) is 18.1 Å². The molecule has 1 aliphatic heterocycles. The molecule has 1 amide bonds. The number of rotatable bonds is 3. The average Bonchev–Trinajstić information content (AvgIpc) is 2.74. The van der Waals surface area contributed by atoms with Gasteiger partial charge >= 0.3 is 0 Å². The number of hydrogen-bond donors (Lipinski definition) is 0. The summed E-state index contributed by atoms with van der Waals surface area (Å²) in [5.41, 5.74) is 2.62. The second kappa shape index (κ2) is 8.04. The highest BCUT2D eigenvalue weighted by molar-refractivity contribution is 9.10. The van der Waals surface area contributed by atoms with Crippen molar-refractivity contribution in [3.8, 4) is 6.07 Å². The first-order chi connectivity index (χ1) is 13.7. The molecular formula is C23H20BrN3O. The van der Waals surface area contributed by atoms with Crippen molar-refractivity contribution < 1.29 is 4.79 Å². The van der Waals surface area contributed by atoms with Crippen LogP contribution < -0.4 is 5.01 Å². The minimum absolute atomic E-state index is 0.0834. The largest absolute Gasteiger partial charge is 0.282 e. The van der Waals surface area contributed by atoms with Crippen LogP contribution in [0.2, 0.25) is 0 Å². The Morgan fingerprint density at radius 1 is 0.964 bits per heavy atom. The van der Waals surface area contributed by atoms with Gasteiger partial charge in [-0.3, -0.25) is 14.8 Å². The number of anilines is 1. The molecule has 4 nitrogen and oxygen atoms in total. The summed E-state index contributed by atoms with van der Waals surface area (Å²) >= 11 is 3.54. The first kappa shape index (κ1) is 18.5. The number of hydrazine groups is 1. The van der Waals surface area contributed by atoms with Crippen molar-refractivity contribution in [2.45, 2.75) is 19.3 Å². The lowest BCUT2D eigenvalue weighted by atomic mass is 10.0. The van der Waals surface area contributed by atoms with Crippen molar-refractivity contribution in [2.24, 2.45) is 0 Å². The fourth-order valence-electron chi connectivity index (χ4n) is 3.78. The number of carbonyl (C=O) groups is 1. The van der Waals surface area contributed by atoms with Gasteiger partial charge in [-0.1, -0.05) is 58.4 Å². The van der Waals surface area contributed by atoms with Crippen LogP contribution in [0, 0.1) is 11.3 Å². The van der Waals surface area contributed by atoms with Crippen molar-refractivity contribution in [1.29, 1.82) is 5.26 Å². The molecule has 28 heavy (non-hydrogen) atoms. The Hall–Kier alpha value is -2.84. The smallest absolute Gasteiger partial charge is 0.245 e. The van der Waals surface area contributed by atoms with Crippen LogP contribution in [-0.2, 0) is 11.2 Å². The van der Waals surface area contributed by atoms with Crippen molar-refractivity contribution in [3.63, 3.8) is 0 Å². The molecule has 1 aliphatic rings. The predicted octanol–water partition coefficient (Wildman–Crippen LogP) is 5.06. The summed E-state index contributed by atoms with van der Waals surface area (Å²) in [6.45, 7) is 1.50. The van der Waals surface area contributed by atoms with Gasteiger partial charge in [0.1, 0.15) is 0 Å². The number of benzene rings is 3. The second-order valence-corrected chi connectivity index (χ2v) is 7.76. The third-order valence-electron chi connectivity index (χ3n) is 5.17. The highest BCUT2D eigenvalue weighted by Gasteiger charge is 2.26. The molecule has 0 N–H and O–H groups in total. The van der Waals surface area contributed by atoms with Crippen LogP contribution in [0.5, 0.6) is 0 Å². The van der Waals surface area contributed by atoms with Gasteiger partial charge in [0.25, 0.3) is 0 Å². The summed E-state index contributed by atoms with van der Waals surface area (Å²) < 4.78 is 0.954. The molecule has 1 heterocycles. The fourth-order valence-corrected chi connectivity index (χ4v) is 4.20. The van der Waals surface area contributed by atoms with Crippen LogP contribution in [0.4, 0.5) is 5.69 Å². The molecule has 3 aromatic rings. The molecule has 0 bridgehead atoms. The molecule has 0 atom stereocenters. The van der Waals surface area contributed by atoms with Crippen LogP contribution >= 0.6 is 15.9 Å². The summed E-state index contributed by atoms with van der Waals surface area (Å²) in [6.07, 6.45) is 2.38. The van der Waals surface area contributed by atoms with Gasteiger partial charge in [-0.2, -0.15) is 5.26 Å². The lowest BCUT2D eigenvalue weighted by Gasteiger charge is -2.41. The van der Waals surface area contributed by atoms with Crippen molar-refractivity contribution in [3.05, 3.63) is 76.3 Å². The number of amides is 1. The molecule has 1 fully saturated rings. The third-order valence-corrected chi connectivity index (χ3v) is 5.94. The highest BCUT2D eigenvalue weighted by atomic mass is 79.9. The Balaban J connectivity index is 1.70. The molecule has 1 saturated heterocycles. The van der Waals surface area contributed by atoms with Crippen LogP contribution in [-0.4, -0.2) is 24.0 Å². The van der Waals surface area contributed by atoms with E-state index in [1.54, 1.807) is 0 Å². The van der Waals surface area contributed by atoms with E-state index in [1.165, 1.54) is 0 Å². The molecule has 140 valence electrons.